The molecule has 2 aromatic rings. The van der Waals surface area contributed by atoms with Crippen LogP contribution >= 0.6 is 0 Å². The number of carbonyl (C=O) groups excluding carboxylic acids is 1. The molecule has 1 atom stereocenters. The van der Waals surface area contributed by atoms with Gasteiger partial charge < -0.3 is 19.3 Å². The van der Waals surface area contributed by atoms with Crippen molar-refractivity contribution >= 4 is 11.6 Å². The van der Waals surface area contributed by atoms with Gasteiger partial charge >= 0.3 is 6.18 Å². The predicted octanol–water partition coefficient (Wildman–Crippen LogP) is 4.21. The van der Waals surface area contributed by atoms with Crippen LogP contribution in [0.3, 0.4) is 0 Å². The molecule has 4 rings (SSSR count). The Morgan fingerprint density at radius 1 is 1.00 bits per heavy atom. The zero-order valence-corrected chi connectivity index (χ0v) is 19.5. The Morgan fingerprint density at radius 3 is 2.44 bits per heavy atom. The summed E-state index contributed by atoms with van der Waals surface area (Å²) in [5.41, 5.74) is 0.925. The summed E-state index contributed by atoms with van der Waals surface area (Å²) in [6, 6.07) is 11.2. The van der Waals surface area contributed by atoms with Gasteiger partial charge in [-0.25, -0.2) is 0 Å². The number of piperazine rings is 1. The van der Waals surface area contributed by atoms with Crippen LogP contribution in [0.25, 0.3) is 0 Å². The summed E-state index contributed by atoms with van der Waals surface area (Å²) in [4.78, 5) is 19.0. The number of nitrogens with zero attached hydrogens (tertiary/aromatic N) is 3. The van der Waals surface area contributed by atoms with E-state index in [0.717, 1.165) is 42.5 Å². The number of hydrogen-bond acceptors (Lipinski definition) is 5. The number of likely N-dealkylation sites (tertiary alicyclic amines) is 1. The van der Waals surface area contributed by atoms with Crippen LogP contribution in [0, 0.1) is 0 Å². The van der Waals surface area contributed by atoms with Crippen LogP contribution in [0.2, 0.25) is 0 Å². The van der Waals surface area contributed by atoms with Crippen molar-refractivity contribution in [3.8, 4) is 11.5 Å². The highest BCUT2D eigenvalue weighted by atomic mass is 19.4. The zero-order chi connectivity index (χ0) is 24.3. The Kier molecular flexibility index (Phi) is 7.21. The van der Waals surface area contributed by atoms with Crippen molar-refractivity contribution in [1.82, 2.24) is 9.80 Å². The lowest BCUT2D eigenvalue weighted by Crippen LogP contribution is -2.51. The molecule has 2 saturated heterocycles. The highest BCUT2D eigenvalue weighted by Crippen LogP contribution is 2.38. The minimum atomic E-state index is -4.37. The second kappa shape index (κ2) is 10.1. The van der Waals surface area contributed by atoms with Gasteiger partial charge in [0.1, 0.15) is 11.5 Å². The molecule has 2 fully saturated rings. The lowest BCUT2D eigenvalue weighted by Gasteiger charge is -2.37. The molecular weight excluding hydrogens is 447 g/mol. The van der Waals surface area contributed by atoms with Gasteiger partial charge in [-0.2, -0.15) is 13.2 Å². The van der Waals surface area contributed by atoms with Crippen molar-refractivity contribution in [1.29, 1.82) is 0 Å². The van der Waals surface area contributed by atoms with Gasteiger partial charge in [0.05, 0.1) is 26.3 Å². The van der Waals surface area contributed by atoms with E-state index < -0.39 is 11.7 Å². The minimum Gasteiger partial charge on any atom is -0.497 e. The lowest BCUT2D eigenvalue weighted by molar-refractivity contribution is -0.137. The summed E-state index contributed by atoms with van der Waals surface area (Å²) in [5, 5.41) is 0. The molecule has 1 amide bonds. The van der Waals surface area contributed by atoms with Gasteiger partial charge in [-0.3, -0.25) is 9.69 Å². The molecule has 0 radical (unpaired) electrons. The minimum absolute atomic E-state index is 0.0445. The molecule has 2 heterocycles. The first-order valence-electron chi connectivity index (χ1n) is 11.5. The van der Waals surface area contributed by atoms with Crippen LogP contribution in [-0.2, 0) is 11.0 Å². The predicted molar refractivity (Wildman–Crippen MR) is 123 cm³/mol. The number of methoxy groups -OCH3 is 2. The van der Waals surface area contributed by atoms with Crippen molar-refractivity contribution in [2.45, 2.75) is 25.1 Å². The Labute approximate surface area is 197 Å². The third-order valence-electron chi connectivity index (χ3n) is 6.67. The van der Waals surface area contributed by atoms with Crippen LogP contribution in [0.1, 0.15) is 30.0 Å². The van der Waals surface area contributed by atoms with E-state index in [1.165, 1.54) is 12.1 Å². The van der Waals surface area contributed by atoms with Crippen LogP contribution in [0.5, 0.6) is 11.5 Å². The zero-order valence-electron chi connectivity index (χ0n) is 19.5. The first-order valence-corrected chi connectivity index (χ1v) is 11.5. The fourth-order valence-electron chi connectivity index (χ4n) is 4.83. The van der Waals surface area contributed by atoms with Crippen LogP contribution < -0.4 is 14.4 Å². The van der Waals surface area contributed by atoms with Crippen LogP contribution in [0.15, 0.2) is 42.5 Å². The number of rotatable bonds is 6. The van der Waals surface area contributed by atoms with E-state index in [1.54, 1.807) is 20.3 Å². The molecule has 2 aromatic carbocycles. The van der Waals surface area contributed by atoms with Crippen molar-refractivity contribution in [3.63, 3.8) is 0 Å². The third kappa shape index (κ3) is 5.24. The van der Waals surface area contributed by atoms with Gasteiger partial charge in [-0.15, -0.1) is 0 Å². The number of ether oxygens (including phenoxy) is 2. The molecule has 0 spiro atoms. The average molecular weight is 478 g/mol. The summed E-state index contributed by atoms with van der Waals surface area (Å²) >= 11 is 0. The standard InChI is InChI=1S/C25H30F3N3O3/c1-33-20-8-9-21(23(16-20)34-2)22-7-4-10-31(22)17-24(32)30-13-11-29(12-14-30)19-6-3-5-18(15-19)25(26,27)28/h3,5-6,8-9,15-16,22H,4,7,10-14,17H2,1-2H3/t22-/m1/s1. The molecular formula is C25H30F3N3O3. The van der Waals surface area contributed by atoms with Gasteiger partial charge in [0.15, 0.2) is 0 Å². The summed E-state index contributed by atoms with van der Waals surface area (Å²) in [7, 11) is 3.24. The monoisotopic (exact) mass is 477 g/mol. The number of halogens is 3. The second-order valence-corrected chi connectivity index (χ2v) is 8.65. The number of alkyl halides is 3. The second-order valence-electron chi connectivity index (χ2n) is 8.65. The molecule has 0 bridgehead atoms. The van der Waals surface area contributed by atoms with Crippen molar-refractivity contribution in [3.05, 3.63) is 53.6 Å². The van der Waals surface area contributed by atoms with E-state index in [2.05, 4.69) is 4.90 Å². The van der Waals surface area contributed by atoms with Crippen molar-refractivity contribution < 1.29 is 27.4 Å². The normalized spacial score (nSPS) is 19.4. The molecule has 0 aliphatic carbocycles. The highest BCUT2D eigenvalue weighted by molar-refractivity contribution is 5.78. The first-order chi connectivity index (χ1) is 16.3. The van der Waals surface area contributed by atoms with E-state index in [4.69, 9.17) is 9.47 Å². The fourth-order valence-corrected chi connectivity index (χ4v) is 4.83. The average Bonchev–Trinajstić information content (AvgIpc) is 3.31. The van der Waals surface area contributed by atoms with Gasteiger partial charge in [0.25, 0.3) is 0 Å². The number of hydrogen-bond donors (Lipinski definition) is 0. The number of carbonyl (C=O) groups is 1. The quantitative estimate of drug-likeness (QED) is 0.624. The van der Waals surface area contributed by atoms with E-state index in [1.807, 2.05) is 28.0 Å². The van der Waals surface area contributed by atoms with E-state index in [-0.39, 0.29) is 11.9 Å². The molecule has 2 aliphatic rings. The molecule has 34 heavy (non-hydrogen) atoms. The summed E-state index contributed by atoms with van der Waals surface area (Å²) in [6.07, 6.45) is -2.43. The molecule has 184 valence electrons. The fraction of sp³-hybridized carbons (Fsp3) is 0.480. The topological polar surface area (TPSA) is 45.2 Å². The smallest absolute Gasteiger partial charge is 0.416 e. The van der Waals surface area contributed by atoms with Crippen LogP contribution in [-0.4, -0.2) is 69.2 Å². The summed E-state index contributed by atoms with van der Waals surface area (Å²) in [5.74, 6) is 1.52. The van der Waals surface area contributed by atoms with E-state index in [0.29, 0.717) is 38.4 Å². The molecule has 0 unspecified atom stereocenters. The van der Waals surface area contributed by atoms with Gasteiger partial charge in [-0.05, 0) is 43.7 Å². The van der Waals surface area contributed by atoms with Gasteiger partial charge in [0, 0.05) is 49.5 Å². The Morgan fingerprint density at radius 2 is 1.76 bits per heavy atom. The maximum atomic E-state index is 13.1. The Hall–Kier alpha value is -2.94. The maximum absolute atomic E-state index is 13.1. The Bertz CT molecular complexity index is 1010. The molecule has 0 N–H and O–H groups in total. The SMILES string of the molecule is COc1ccc([C@H]2CCCN2CC(=O)N2CCN(c3cccc(C(F)(F)F)c3)CC2)c(OC)c1. The number of benzene rings is 2. The number of amides is 1. The lowest BCUT2D eigenvalue weighted by atomic mass is 10.0. The molecule has 9 heteroatoms. The molecule has 6 nitrogen and oxygen atoms in total. The molecule has 0 aromatic heterocycles. The summed E-state index contributed by atoms with van der Waals surface area (Å²) in [6.45, 7) is 3.11. The molecule has 0 saturated carbocycles. The van der Waals surface area contributed by atoms with Crippen LogP contribution in [0.4, 0.5) is 18.9 Å². The number of anilines is 1. The van der Waals surface area contributed by atoms with Crippen molar-refractivity contribution in [2.75, 3.05) is 58.4 Å². The van der Waals surface area contributed by atoms with Crippen molar-refractivity contribution in [2.24, 2.45) is 0 Å². The van der Waals surface area contributed by atoms with E-state index >= 15 is 0 Å². The first kappa shape index (κ1) is 24.2. The van der Waals surface area contributed by atoms with Gasteiger partial charge in [0.2, 0.25) is 5.91 Å². The van der Waals surface area contributed by atoms with Gasteiger partial charge in [-0.1, -0.05) is 12.1 Å². The highest BCUT2D eigenvalue weighted by Gasteiger charge is 2.33. The third-order valence-corrected chi connectivity index (χ3v) is 6.67. The Balaban J connectivity index is 1.37. The maximum Gasteiger partial charge on any atom is 0.416 e. The van der Waals surface area contributed by atoms with E-state index in [9.17, 15) is 18.0 Å². The molecule has 2 aliphatic heterocycles. The summed E-state index contributed by atoms with van der Waals surface area (Å²) < 4.78 is 50.0. The largest absolute Gasteiger partial charge is 0.497 e.